The van der Waals surface area contributed by atoms with Crippen LogP contribution in [0.25, 0.3) is 0 Å². The first-order valence-corrected chi connectivity index (χ1v) is 8.47. The number of aromatic nitrogens is 1. The van der Waals surface area contributed by atoms with Gasteiger partial charge in [-0.3, -0.25) is 4.98 Å². The maximum absolute atomic E-state index is 12.8. The van der Waals surface area contributed by atoms with E-state index in [1.54, 1.807) is 21.0 Å². The first-order valence-electron chi connectivity index (χ1n) is 7.07. The molecule has 21 heavy (non-hydrogen) atoms. The second-order valence-electron chi connectivity index (χ2n) is 5.23. The fraction of sp³-hybridized carbons (Fsp3) is 0.615. The minimum absolute atomic E-state index is 0. The number of rotatable bonds is 3. The van der Waals surface area contributed by atoms with Crippen molar-refractivity contribution in [3.8, 4) is 0 Å². The minimum Gasteiger partial charge on any atom is -0.313 e. The van der Waals surface area contributed by atoms with Gasteiger partial charge in [0.25, 0.3) is 10.2 Å². The molecule has 0 spiro atoms. The van der Waals surface area contributed by atoms with Crippen molar-refractivity contribution >= 4 is 22.6 Å². The van der Waals surface area contributed by atoms with Crippen molar-refractivity contribution in [2.45, 2.75) is 18.9 Å². The molecule has 3 rings (SSSR count). The van der Waals surface area contributed by atoms with Crippen molar-refractivity contribution in [1.82, 2.24) is 18.9 Å². The highest BCUT2D eigenvalue weighted by Crippen LogP contribution is 2.27. The van der Waals surface area contributed by atoms with Gasteiger partial charge in [0.15, 0.2) is 0 Å². The van der Waals surface area contributed by atoms with Gasteiger partial charge in [0, 0.05) is 45.1 Å². The lowest BCUT2D eigenvalue weighted by Gasteiger charge is -2.37. The molecule has 2 fully saturated rings. The summed E-state index contributed by atoms with van der Waals surface area (Å²) in [4.78, 5) is 4.11. The molecule has 0 aromatic carbocycles. The van der Waals surface area contributed by atoms with E-state index < -0.39 is 10.2 Å². The molecule has 8 heteroatoms. The normalized spacial score (nSPS) is 24.7. The summed E-state index contributed by atoms with van der Waals surface area (Å²) in [5, 5.41) is 3.27. The topological polar surface area (TPSA) is 65.5 Å². The molecule has 2 aliphatic rings. The zero-order chi connectivity index (χ0) is 14.0. The summed E-state index contributed by atoms with van der Waals surface area (Å²) in [6, 6.07) is 3.63. The Morgan fingerprint density at radius 1 is 1.24 bits per heavy atom. The van der Waals surface area contributed by atoms with Crippen LogP contribution in [-0.4, -0.2) is 54.7 Å². The van der Waals surface area contributed by atoms with Crippen molar-refractivity contribution in [2.24, 2.45) is 0 Å². The Hall–Kier alpha value is -0.730. The highest BCUT2D eigenvalue weighted by atomic mass is 35.5. The van der Waals surface area contributed by atoms with Gasteiger partial charge >= 0.3 is 0 Å². The average molecular weight is 333 g/mol. The van der Waals surface area contributed by atoms with Crippen LogP contribution in [0.3, 0.4) is 0 Å². The van der Waals surface area contributed by atoms with Gasteiger partial charge in [-0.1, -0.05) is 6.07 Å². The Morgan fingerprint density at radius 3 is 2.67 bits per heavy atom. The molecular weight excluding hydrogens is 312 g/mol. The second-order valence-corrected chi connectivity index (χ2v) is 7.11. The van der Waals surface area contributed by atoms with Crippen LogP contribution < -0.4 is 5.32 Å². The van der Waals surface area contributed by atoms with Gasteiger partial charge in [-0.15, -0.1) is 12.4 Å². The van der Waals surface area contributed by atoms with E-state index in [1.807, 2.05) is 12.1 Å². The summed E-state index contributed by atoms with van der Waals surface area (Å²) < 4.78 is 28.8. The lowest BCUT2D eigenvalue weighted by Crippen LogP contribution is -2.52. The third kappa shape index (κ3) is 3.37. The molecule has 1 atom stereocenters. The summed E-state index contributed by atoms with van der Waals surface area (Å²) in [6.45, 7) is 3.14. The standard InChI is InChI=1S/C13H20N4O2S.ClH/c18-20(19,16-7-1-2-8-16)17-9-6-15-11-13(17)12-4-3-5-14-10-12;/h3-5,10,13,15H,1-2,6-9,11H2;1H. The fourth-order valence-electron chi connectivity index (χ4n) is 2.89. The van der Waals surface area contributed by atoms with E-state index >= 15 is 0 Å². The monoisotopic (exact) mass is 332 g/mol. The van der Waals surface area contributed by atoms with Crippen LogP contribution in [0.1, 0.15) is 24.4 Å². The molecule has 3 heterocycles. The molecule has 1 aromatic heterocycles. The van der Waals surface area contributed by atoms with Gasteiger partial charge in [0.1, 0.15) is 0 Å². The predicted octanol–water partition coefficient (Wildman–Crippen LogP) is 0.790. The van der Waals surface area contributed by atoms with Crippen LogP contribution in [0.2, 0.25) is 0 Å². The largest absolute Gasteiger partial charge is 0.313 e. The SMILES string of the molecule is Cl.O=S(=O)(N1CCCC1)N1CCNCC1c1cccnc1. The van der Waals surface area contributed by atoms with Crippen LogP contribution in [0.4, 0.5) is 0 Å². The van der Waals surface area contributed by atoms with Gasteiger partial charge < -0.3 is 5.32 Å². The molecule has 2 saturated heterocycles. The maximum Gasteiger partial charge on any atom is 0.282 e. The molecule has 1 unspecified atom stereocenters. The Balaban J connectivity index is 0.00000161. The molecule has 0 bridgehead atoms. The van der Waals surface area contributed by atoms with E-state index in [1.165, 1.54) is 0 Å². The number of hydrogen-bond donors (Lipinski definition) is 1. The summed E-state index contributed by atoms with van der Waals surface area (Å²) in [5.74, 6) is 0. The number of nitrogens with zero attached hydrogens (tertiary/aromatic N) is 3. The molecular formula is C13H21ClN4O2S. The predicted molar refractivity (Wildman–Crippen MR) is 83.5 cm³/mol. The minimum atomic E-state index is -3.36. The Labute approximate surface area is 132 Å². The Morgan fingerprint density at radius 2 is 2.00 bits per heavy atom. The van der Waals surface area contributed by atoms with Crippen LogP contribution >= 0.6 is 12.4 Å². The molecule has 0 radical (unpaired) electrons. The Bertz CT molecular complexity index is 549. The first kappa shape index (κ1) is 16.6. The van der Waals surface area contributed by atoms with Crippen molar-refractivity contribution in [3.05, 3.63) is 30.1 Å². The lowest BCUT2D eigenvalue weighted by molar-refractivity contribution is 0.252. The van der Waals surface area contributed by atoms with Crippen molar-refractivity contribution in [1.29, 1.82) is 0 Å². The summed E-state index contributed by atoms with van der Waals surface area (Å²) >= 11 is 0. The lowest BCUT2D eigenvalue weighted by atomic mass is 10.1. The quantitative estimate of drug-likeness (QED) is 0.889. The molecule has 1 N–H and O–H groups in total. The number of pyridine rings is 1. The zero-order valence-corrected chi connectivity index (χ0v) is 13.4. The van der Waals surface area contributed by atoms with Crippen LogP contribution in [0.5, 0.6) is 0 Å². The molecule has 0 aliphatic carbocycles. The molecule has 0 amide bonds. The van der Waals surface area contributed by atoms with Gasteiger partial charge in [-0.2, -0.15) is 17.0 Å². The van der Waals surface area contributed by atoms with Gasteiger partial charge in [0.2, 0.25) is 0 Å². The number of hydrogen-bond acceptors (Lipinski definition) is 4. The summed E-state index contributed by atoms with van der Waals surface area (Å²) in [6.07, 6.45) is 5.38. The summed E-state index contributed by atoms with van der Waals surface area (Å²) in [5.41, 5.74) is 0.947. The van der Waals surface area contributed by atoms with E-state index in [0.717, 1.165) is 18.4 Å². The zero-order valence-electron chi connectivity index (χ0n) is 11.8. The van der Waals surface area contributed by atoms with E-state index in [-0.39, 0.29) is 18.4 Å². The highest BCUT2D eigenvalue weighted by molar-refractivity contribution is 7.86. The van der Waals surface area contributed by atoms with Gasteiger partial charge in [-0.05, 0) is 24.5 Å². The van der Waals surface area contributed by atoms with Crippen LogP contribution in [0, 0.1) is 0 Å². The average Bonchev–Trinajstić information content (AvgIpc) is 3.03. The molecule has 2 aliphatic heterocycles. The van der Waals surface area contributed by atoms with Crippen molar-refractivity contribution in [2.75, 3.05) is 32.7 Å². The first-order chi connectivity index (χ1) is 9.69. The maximum atomic E-state index is 12.8. The third-order valence-corrected chi connectivity index (χ3v) is 6.00. The third-order valence-electron chi connectivity index (χ3n) is 3.95. The van der Waals surface area contributed by atoms with Crippen LogP contribution in [0.15, 0.2) is 24.5 Å². The smallest absolute Gasteiger partial charge is 0.282 e. The van der Waals surface area contributed by atoms with Crippen LogP contribution in [-0.2, 0) is 10.2 Å². The van der Waals surface area contributed by atoms with Crippen molar-refractivity contribution < 1.29 is 8.42 Å². The number of nitrogens with one attached hydrogen (secondary N) is 1. The van der Waals surface area contributed by atoms with Gasteiger partial charge in [0.05, 0.1) is 6.04 Å². The molecule has 6 nitrogen and oxygen atoms in total. The number of halogens is 1. The molecule has 118 valence electrons. The second kappa shape index (κ2) is 7.02. The van der Waals surface area contributed by atoms with E-state index in [4.69, 9.17) is 0 Å². The van der Waals surface area contributed by atoms with Gasteiger partial charge in [-0.25, -0.2) is 0 Å². The Kier molecular flexibility index (Phi) is 5.56. The van der Waals surface area contributed by atoms with Crippen molar-refractivity contribution in [3.63, 3.8) is 0 Å². The molecule has 0 saturated carbocycles. The van der Waals surface area contributed by atoms with E-state index in [9.17, 15) is 8.42 Å². The fourth-order valence-corrected chi connectivity index (χ4v) is 4.74. The highest BCUT2D eigenvalue weighted by Gasteiger charge is 2.38. The van der Waals surface area contributed by atoms with E-state index in [0.29, 0.717) is 32.7 Å². The van der Waals surface area contributed by atoms with E-state index in [2.05, 4.69) is 10.3 Å². The number of piperazine rings is 1. The summed E-state index contributed by atoms with van der Waals surface area (Å²) in [7, 11) is -3.36. The molecule has 1 aromatic rings.